The maximum Gasteiger partial charge on any atom is 0.265 e. The van der Waals surface area contributed by atoms with Crippen molar-refractivity contribution in [2.24, 2.45) is 0 Å². The number of amides is 2. The van der Waals surface area contributed by atoms with Crippen molar-refractivity contribution in [1.82, 2.24) is 10.2 Å². The van der Waals surface area contributed by atoms with E-state index in [0.717, 1.165) is 5.56 Å². The molecule has 3 rings (SSSR count). The zero-order chi connectivity index (χ0) is 18.7. The molecule has 2 amide bonds. The number of halogens is 1. The molecule has 2 heterocycles. The lowest BCUT2D eigenvalue weighted by atomic mass is 10.1. The van der Waals surface area contributed by atoms with Gasteiger partial charge in [-0.2, -0.15) is 0 Å². The van der Waals surface area contributed by atoms with Gasteiger partial charge in [-0.05, 0) is 54.7 Å². The molecule has 6 nitrogen and oxygen atoms in total. The van der Waals surface area contributed by atoms with E-state index >= 15 is 0 Å². The third kappa shape index (κ3) is 3.85. The Kier molecular flexibility index (Phi) is 5.51. The topological polar surface area (TPSA) is 71.8 Å². The van der Waals surface area contributed by atoms with E-state index in [0.29, 0.717) is 23.2 Å². The third-order valence-corrected chi connectivity index (χ3v) is 4.32. The SMILES string of the molecule is COCCN1C(=O)/C(=C/c2ccc(-c3ccc(Cl)cc3)o2)C(=O)NC1=S. The summed E-state index contributed by atoms with van der Waals surface area (Å²) < 4.78 is 10.7. The van der Waals surface area contributed by atoms with Gasteiger partial charge in [-0.25, -0.2) is 0 Å². The van der Waals surface area contributed by atoms with Gasteiger partial charge in [0.25, 0.3) is 11.8 Å². The highest BCUT2D eigenvalue weighted by molar-refractivity contribution is 7.80. The van der Waals surface area contributed by atoms with Crippen LogP contribution in [-0.2, 0) is 14.3 Å². The van der Waals surface area contributed by atoms with Crippen LogP contribution in [0, 0.1) is 0 Å². The van der Waals surface area contributed by atoms with Gasteiger partial charge < -0.3 is 9.15 Å². The van der Waals surface area contributed by atoms with Crippen LogP contribution in [0.4, 0.5) is 0 Å². The van der Waals surface area contributed by atoms with E-state index in [1.54, 1.807) is 24.3 Å². The number of methoxy groups -OCH3 is 1. The number of nitrogens with zero attached hydrogens (tertiary/aromatic N) is 1. The number of rotatable bonds is 5. The summed E-state index contributed by atoms with van der Waals surface area (Å²) in [5, 5.41) is 3.19. The summed E-state index contributed by atoms with van der Waals surface area (Å²) in [7, 11) is 1.52. The van der Waals surface area contributed by atoms with Crippen molar-refractivity contribution in [2.45, 2.75) is 0 Å². The maximum atomic E-state index is 12.6. The van der Waals surface area contributed by atoms with Crippen LogP contribution in [0.3, 0.4) is 0 Å². The lowest BCUT2D eigenvalue weighted by Gasteiger charge is -2.28. The Hall–Kier alpha value is -2.48. The zero-order valence-electron chi connectivity index (χ0n) is 13.8. The summed E-state index contributed by atoms with van der Waals surface area (Å²) in [6.45, 7) is 0.552. The highest BCUT2D eigenvalue weighted by Crippen LogP contribution is 2.25. The molecule has 0 unspecified atom stereocenters. The largest absolute Gasteiger partial charge is 0.457 e. The minimum Gasteiger partial charge on any atom is -0.457 e. The van der Waals surface area contributed by atoms with Gasteiger partial charge in [0.05, 0.1) is 13.2 Å². The number of nitrogens with one attached hydrogen (secondary N) is 1. The molecule has 0 radical (unpaired) electrons. The van der Waals surface area contributed by atoms with Gasteiger partial charge in [-0.15, -0.1) is 0 Å². The second-order valence-corrected chi connectivity index (χ2v) is 6.30. The van der Waals surface area contributed by atoms with E-state index < -0.39 is 11.8 Å². The van der Waals surface area contributed by atoms with Crippen LogP contribution < -0.4 is 5.32 Å². The van der Waals surface area contributed by atoms with Crippen LogP contribution >= 0.6 is 23.8 Å². The van der Waals surface area contributed by atoms with E-state index in [2.05, 4.69) is 5.32 Å². The van der Waals surface area contributed by atoms with E-state index in [1.165, 1.54) is 18.1 Å². The highest BCUT2D eigenvalue weighted by atomic mass is 35.5. The Morgan fingerprint density at radius 3 is 2.65 bits per heavy atom. The second kappa shape index (κ2) is 7.82. The molecule has 1 aliphatic heterocycles. The minimum absolute atomic E-state index is 0.0493. The fraction of sp³-hybridized carbons (Fsp3) is 0.167. The van der Waals surface area contributed by atoms with Crippen molar-refractivity contribution >= 4 is 46.8 Å². The minimum atomic E-state index is -0.557. The van der Waals surface area contributed by atoms with Gasteiger partial charge in [0.2, 0.25) is 0 Å². The van der Waals surface area contributed by atoms with Gasteiger partial charge >= 0.3 is 0 Å². The molecule has 0 atom stereocenters. The monoisotopic (exact) mass is 390 g/mol. The van der Waals surface area contributed by atoms with E-state index in [-0.39, 0.29) is 17.2 Å². The number of thiocarbonyl (C=S) groups is 1. The number of hydrogen-bond acceptors (Lipinski definition) is 5. The van der Waals surface area contributed by atoms with Crippen molar-refractivity contribution in [2.75, 3.05) is 20.3 Å². The predicted octanol–water partition coefficient (Wildman–Crippen LogP) is 2.87. The van der Waals surface area contributed by atoms with Gasteiger partial charge in [0.15, 0.2) is 5.11 Å². The number of furan rings is 1. The maximum absolute atomic E-state index is 12.6. The first-order valence-corrected chi connectivity index (χ1v) is 8.52. The summed E-state index contributed by atoms with van der Waals surface area (Å²) in [6.07, 6.45) is 1.40. The fourth-order valence-corrected chi connectivity index (χ4v) is 2.81. The molecule has 0 aliphatic carbocycles. The van der Waals surface area contributed by atoms with E-state index in [9.17, 15) is 9.59 Å². The molecule has 134 valence electrons. The lowest BCUT2D eigenvalue weighted by Crippen LogP contribution is -2.54. The van der Waals surface area contributed by atoms with Crippen LogP contribution in [0.2, 0.25) is 5.02 Å². The summed E-state index contributed by atoms with van der Waals surface area (Å²) >= 11 is 10.9. The molecular weight excluding hydrogens is 376 g/mol. The molecule has 0 saturated carbocycles. The first kappa shape index (κ1) is 18.3. The smallest absolute Gasteiger partial charge is 0.265 e. The van der Waals surface area contributed by atoms with Crippen molar-refractivity contribution in [3.8, 4) is 11.3 Å². The summed E-state index contributed by atoms with van der Waals surface area (Å²) in [4.78, 5) is 26.0. The number of hydrogen-bond donors (Lipinski definition) is 1. The van der Waals surface area contributed by atoms with Crippen molar-refractivity contribution < 1.29 is 18.7 Å². The third-order valence-electron chi connectivity index (χ3n) is 3.75. The zero-order valence-corrected chi connectivity index (χ0v) is 15.4. The molecule has 8 heteroatoms. The van der Waals surface area contributed by atoms with Crippen LogP contribution in [0.25, 0.3) is 17.4 Å². The molecule has 1 aliphatic rings. The van der Waals surface area contributed by atoms with Crippen LogP contribution in [-0.4, -0.2) is 42.1 Å². The number of benzene rings is 1. The first-order chi connectivity index (χ1) is 12.5. The second-order valence-electron chi connectivity index (χ2n) is 5.48. The normalized spacial score (nSPS) is 16.3. The molecule has 0 bridgehead atoms. The van der Waals surface area contributed by atoms with Gasteiger partial charge in [-0.1, -0.05) is 11.6 Å². The van der Waals surface area contributed by atoms with Gasteiger partial charge in [0, 0.05) is 17.7 Å². The Bertz CT molecular complexity index is 889. The molecule has 1 N–H and O–H groups in total. The Morgan fingerprint density at radius 1 is 1.23 bits per heavy atom. The molecule has 1 saturated heterocycles. The average Bonchev–Trinajstić information content (AvgIpc) is 3.08. The Labute approximate surface area is 160 Å². The standard InChI is InChI=1S/C18H15ClN2O4S/c1-24-9-8-21-17(23)14(16(22)20-18(21)26)10-13-6-7-15(25-13)11-2-4-12(19)5-3-11/h2-7,10H,8-9H2,1H3,(H,20,22,26)/b14-10+. The molecule has 1 fully saturated rings. The van der Waals surface area contributed by atoms with Crippen LogP contribution in [0.5, 0.6) is 0 Å². The molecule has 0 spiro atoms. The van der Waals surface area contributed by atoms with E-state index in [1.807, 2.05) is 12.1 Å². The number of carbonyl (C=O) groups excluding carboxylic acids is 2. The number of carbonyl (C=O) groups is 2. The van der Waals surface area contributed by atoms with Crippen molar-refractivity contribution in [3.05, 3.63) is 52.8 Å². The van der Waals surface area contributed by atoms with E-state index in [4.69, 9.17) is 33.0 Å². The first-order valence-electron chi connectivity index (χ1n) is 7.73. The quantitative estimate of drug-likeness (QED) is 0.483. The predicted molar refractivity (Wildman–Crippen MR) is 101 cm³/mol. The summed E-state index contributed by atoms with van der Waals surface area (Å²) in [6, 6.07) is 10.6. The van der Waals surface area contributed by atoms with Gasteiger partial charge in [0.1, 0.15) is 17.1 Å². The average molecular weight is 391 g/mol. The Balaban J connectivity index is 1.86. The highest BCUT2D eigenvalue weighted by Gasteiger charge is 2.33. The van der Waals surface area contributed by atoms with Crippen LogP contribution in [0.1, 0.15) is 5.76 Å². The lowest BCUT2D eigenvalue weighted by molar-refractivity contribution is -0.129. The summed E-state index contributed by atoms with van der Waals surface area (Å²) in [5.74, 6) is -0.0599. The molecule has 1 aromatic carbocycles. The number of ether oxygens (including phenoxy) is 1. The van der Waals surface area contributed by atoms with Crippen molar-refractivity contribution in [1.29, 1.82) is 0 Å². The Morgan fingerprint density at radius 2 is 1.96 bits per heavy atom. The fourth-order valence-electron chi connectivity index (χ4n) is 2.42. The molecule has 26 heavy (non-hydrogen) atoms. The van der Waals surface area contributed by atoms with Crippen LogP contribution in [0.15, 0.2) is 46.4 Å². The molecule has 2 aromatic rings. The summed E-state index contributed by atoms with van der Waals surface area (Å²) in [5.41, 5.74) is 0.785. The van der Waals surface area contributed by atoms with Gasteiger partial charge in [-0.3, -0.25) is 19.8 Å². The molecule has 1 aromatic heterocycles. The molecular formula is C18H15ClN2O4S. The van der Waals surface area contributed by atoms with Crippen molar-refractivity contribution in [3.63, 3.8) is 0 Å².